The van der Waals surface area contributed by atoms with Crippen molar-refractivity contribution in [1.82, 2.24) is 4.98 Å². The normalized spacial score (nSPS) is 16.6. The minimum Gasteiger partial charge on any atom is -0.357 e. The van der Waals surface area contributed by atoms with Gasteiger partial charge in [-0.1, -0.05) is 0 Å². The zero-order valence-corrected chi connectivity index (χ0v) is 10.3. The molecule has 2 heterocycles. The summed E-state index contributed by atoms with van der Waals surface area (Å²) in [5.41, 5.74) is 0. The molecule has 0 aliphatic carbocycles. The molecule has 0 spiro atoms. The van der Waals surface area contributed by atoms with Crippen LogP contribution < -0.4 is 4.90 Å². The maximum Gasteiger partial charge on any atom is 0.129 e. The van der Waals surface area contributed by atoms with E-state index in [1.165, 1.54) is 12.8 Å². The molecule has 13 heavy (non-hydrogen) atoms. The Bertz CT molecular complexity index is 308. The summed E-state index contributed by atoms with van der Waals surface area (Å²) in [6.07, 6.45) is 4.42. The van der Waals surface area contributed by atoms with E-state index < -0.39 is 0 Å². The van der Waals surface area contributed by atoms with Crippen LogP contribution in [0.5, 0.6) is 0 Å². The third-order valence-corrected chi connectivity index (χ3v) is 4.04. The molecular formula is C9H10Br2N2. The second kappa shape index (κ2) is 3.96. The van der Waals surface area contributed by atoms with E-state index in [1.54, 1.807) is 0 Å². The van der Waals surface area contributed by atoms with E-state index in [9.17, 15) is 0 Å². The first kappa shape index (κ1) is 9.46. The van der Waals surface area contributed by atoms with E-state index in [2.05, 4.69) is 47.8 Å². The van der Waals surface area contributed by atoms with Crippen LogP contribution in [0.2, 0.25) is 0 Å². The van der Waals surface area contributed by atoms with Crippen molar-refractivity contribution in [1.29, 1.82) is 0 Å². The molecule has 0 atom stereocenters. The average Bonchev–Trinajstić information content (AvgIpc) is 2.62. The molecule has 0 unspecified atom stereocenters. The van der Waals surface area contributed by atoms with Crippen LogP contribution in [0.15, 0.2) is 21.2 Å². The highest BCUT2D eigenvalue weighted by molar-refractivity contribution is 9.13. The van der Waals surface area contributed by atoms with E-state index in [4.69, 9.17) is 0 Å². The number of aromatic nitrogens is 1. The molecule has 4 heteroatoms. The van der Waals surface area contributed by atoms with Crippen molar-refractivity contribution in [3.63, 3.8) is 0 Å². The quantitative estimate of drug-likeness (QED) is 0.792. The van der Waals surface area contributed by atoms with E-state index >= 15 is 0 Å². The molecule has 2 rings (SSSR count). The summed E-state index contributed by atoms with van der Waals surface area (Å²) >= 11 is 6.89. The largest absolute Gasteiger partial charge is 0.357 e. The summed E-state index contributed by atoms with van der Waals surface area (Å²) in [5, 5.41) is 0. The fourth-order valence-electron chi connectivity index (χ4n) is 1.52. The van der Waals surface area contributed by atoms with Gasteiger partial charge in [0.25, 0.3) is 0 Å². The van der Waals surface area contributed by atoms with Crippen LogP contribution in [0, 0.1) is 0 Å². The van der Waals surface area contributed by atoms with Crippen molar-refractivity contribution in [2.24, 2.45) is 0 Å². The van der Waals surface area contributed by atoms with E-state index in [-0.39, 0.29) is 0 Å². The van der Waals surface area contributed by atoms with Gasteiger partial charge in [-0.2, -0.15) is 0 Å². The molecule has 0 N–H and O–H groups in total. The van der Waals surface area contributed by atoms with E-state index in [0.29, 0.717) is 0 Å². The van der Waals surface area contributed by atoms with Crippen molar-refractivity contribution < 1.29 is 0 Å². The second-order valence-corrected chi connectivity index (χ2v) is 4.86. The first-order chi connectivity index (χ1) is 6.27. The van der Waals surface area contributed by atoms with Gasteiger partial charge < -0.3 is 4.90 Å². The Morgan fingerprint density at radius 2 is 1.85 bits per heavy atom. The van der Waals surface area contributed by atoms with Crippen molar-refractivity contribution in [3.8, 4) is 0 Å². The molecule has 1 fully saturated rings. The lowest BCUT2D eigenvalue weighted by Gasteiger charge is -2.16. The lowest BCUT2D eigenvalue weighted by atomic mass is 10.4. The minimum absolute atomic E-state index is 1.01. The third-order valence-electron chi connectivity index (χ3n) is 2.22. The Kier molecular flexibility index (Phi) is 2.89. The predicted molar refractivity (Wildman–Crippen MR) is 61.1 cm³/mol. The smallest absolute Gasteiger partial charge is 0.129 e. The van der Waals surface area contributed by atoms with E-state index in [0.717, 1.165) is 27.9 Å². The zero-order chi connectivity index (χ0) is 9.26. The van der Waals surface area contributed by atoms with Crippen molar-refractivity contribution >= 4 is 37.7 Å². The van der Waals surface area contributed by atoms with Crippen molar-refractivity contribution in [2.75, 3.05) is 18.0 Å². The SMILES string of the molecule is Brc1cnc(N2CCCC2)cc1Br. The van der Waals surface area contributed by atoms with Gasteiger partial charge in [-0.25, -0.2) is 4.98 Å². The van der Waals surface area contributed by atoms with Gasteiger partial charge in [0.1, 0.15) is 5.82 Å². The maximum atomic E-state index is 4.37. The van der Waals surface area contributed by atoms with Crippen LogP contribution in [0.1, 0.15) is 12.8 Å². The first-order valence-corrected chi connectivity index (χ1v) is 5.92. The lowest BCUT2D eigenvalue weighted by Crippen LogP contribution is -2.18. The van der Waals surface area contributed by atoms with Crippen LogP contribution in [0.3, 0.4) is 0 Å². The summed E-state index contributed by atoms with van der Waals surface area (Å²) < 4.78 is 2.08. The summed E-state index contributed by atoms with van der Waals surface area (Å²) in [6, 6.07) is 2.06. The highest BCUT2D eigenvalue weighted by atomic mass is 79.9. The standard InChI is InChI=1S/C9H10Br2N2/c10-7-5-9(12-6-8(7)11)13-3-1-2-4-13/h5-6H,1-4H2. The number of nitrogens with zero attached hydrogens (tertiary/aromatic N) is 2. The zero-order valence-electron chi connectivity index (χ0n) is 7.13. The first-order valence-electron chi connectivity index (χ1n) is 4.33. The van der Waals surface area contributed by atoms with Gasteiger partial charge in [0.15, 0.2) is 0 Å². The molecule has 0 amide bonds. The predicted octanol–water partition coefficient (Wildman–Crippen LogP) is 3.21. The van der Waals surface area contributed by atoms with Crippen LogP contribution in [0.4, 0.5) is 5.82 Å². The Labute approximate surface area is 94.6 Å². The molecule has 1 aromatic rings. The molecule has 1 aliphatic rings. The number of hydrogen-bond donors (Lipinski definition) is 0. The van der Waals surface area contributed by atoms with Gasteiger partial charge in [0.2, 0.25) is 0 Å². The van der Waals surface area contributed by atoms with Crippen molar-refractivity contribution in [2.45, 2.75) is 12.8 Å². The van der Waals surface area contributed by atoms with Crippen molar-refractivity contribution in [3.05, 3.63) is 21.2 Å². The molecule has 0 radical (unpaired) electrons. The van der Waals surface area contributed by atoms with Gasteiger partial charge in [0.05, 0.1) is 4.47 Å². The monoisotopic (exact) mass is 304 g/mol. The summed E-state index contributed by atoms with van der Waals surface area (Å²) in [5.74, 6) is 1.08. The van der Waals surface area contributed by atoms with Gasteiger partial charge >= 0.3 is 0 Å². The molecular weight excluding hydrogens is 296 g/mol. The number of halogens is 2. The minimum atomic E-state index is 1.01. The molecule has 0 aromatic carbocycles. The van der Waals surface area contributed by atoms with Gasteiger partial charge in [-0.3, -0.25) is 0 Å². The fourth-order valence-corrected chi connectivity index (χ4v) is 2.05. The summed E-state index contributed by atoms with van der Waals surface area (Å²) in [7, 11) is 0. The molecule has 2 nitrogen and oxygen atoms in total. The summed E-state index contributed by atoms with van der Waals surface area (Å²) in [4.78, 5) is 6.69. The number of anilines is 1. The highest BCUT2D eigenvalue weighted by Gasteiger charge is 2.13. The number of hydrogen-bond acceptors (Lipinski definition) is 2. The number of pyridine rings is 1. The second-order valence-electron chi connectivity index (χ2n) is 3.15. The summed E-state index contributed by atoms with van der Waals surface area (Å²) in [6.45, 7) is 2.28. The van der Waals surface area contributed by atoms with Crippen LogP contribution in [0.25, 0.3) is 0 Å². The van der Waals surface area contributed by atoms with Gasteiger partial charge in [0, 0.05) is 23.8 Å². The maximum absolute atomic E-state index is 4.37. The topological polar surface area (TPSA) is 16.1 Å². The molecule has 70 valence electrons. The van der Waals surface area contributed by atoms with Gasteiger partial charge in [-0.15, -0.1) is 0 Å². The Balaban J connectivity index is 2.25. The Hall–Kier alpha value is -0.0900. The molecule has 1 saturated heterocycles. The Morgan fingerprint density at radius 1 is 1.15 bits per heavy atom. The molecule has 0 saturated carbocycles. The van der Waals surface area contributed by atoms with E-state index in [1.807, 2.05) is 6.20 Å². The highest BCUT2D eigenvalue weighted by Crippen LogP contribution is 2.27. The fraction of sp³-hybridized carbons (Fsp3) is 0.444. The molecule has 1 aromatic heterocycles. The van der Waals surface area contributed by atoms with Gasteiger partial charge in [-0.05, 0) is 50.8 Å². The van der Waals surface area contributed by atoms with Crippen LogP contribution >= 0.6 is 31.9 Å². The Morgan fingerprint density at radius 3 is 2.46 bits per heavy atom. The molecule has 0 bridgehead atoms. The number of rotatable bonds is 1. The average molecular weight is 306 g/mol. The van der Waals surface area contributed by atoms with Crippen LogP contribution in [-0.2, 0) is 0 Å². The third kappa shape index (κ3) is 2.05. The molecule has 1 aliphatic heterocycles. The van der Waals surface area contributed by atoms with Crippen LogP contribution in [-0.4, -0.2) is 18.1 Å². The lowest BCUT2D eigenvalue weighted by molar-refractivity contribution is 0.935.